The van der Waals surface area contributed by atoms with Gasteiger partial charge in [-0.25, -0.2) is 13.9 Å². The average molecular weight is 576 g/mol. The van der Waals surface area contributed by atoms with Crippen molar-refractivity contribution in [2.45, 2.75) is 56.1 Å². The molecule has 0 aliphatic carbocycles. The fourth-order valence-corrected chi connectivity index (χ4v) is 5.65. The van der Waals surface area contributed by atoms with Crippen LogP contribution < -0.4 is 21.0 Å². The highest BCUT2D eigenvalue weighted by Crippen LogP contribution is 2.57. The van der Waals surface area contributed by atoms with Crippen molar-refractivity contribution >= 4 is 21.6 Å². The summed E-state index contributed by atoms with van der Waals surface area (Å²) in [6.45, 7) is -0.00587. The lowest BCUT2D eigenvalue weighted by Crippen LogP contribution is -2.56. The number of phosphoric acid groups is 2. The van der Waals surface area contributed by atoms with Crippen molar-refractivity contribution in [1.29, 1.82) is 0 Å². The number of aromatic amines is 1. The lowest BCUT2D eigenvalue weighted by Gasteiger charge is -2.42. The van der Waals surface area contributed by atoms with Crippen molar-refractivity contribution in [2.75, 3.05) is 6.61 Å². The minimum Gasteiger partial charge on any atom is -0.756 e. The number of aliphatic carboxylic acids is 1. The van der Waals surface area contributed by atoms with Crippen LogP contribution in [0.5, 0.6) is 0 Å². The molecule has 2 fully saturated rings. The number of hydrogen-bond acceptors (Lipinski definition) is 16. The van der Waals surface area contributed by atoms with E-state index in [4.69, 9.17) is 14.6 Å². The van der Waals surface area contributed by atoms with E-state index in [1.54, 1.807) is 0 Å². The van der Waals surface area contributed by atoms with Gasteiger partial charge in [-0.1, -0.05) is 6.92 Å². The van der Waals surface area contributed by atoms with Gasteiger partial charge in [0.05, 0.1) is 12.7 Å². The smallest absolute Gasteiger partial charge is 0.335 e. The number of phosphoric ester groups is 2. The number of H-pyrrole nitrogens is 1. The van der Waals surface area contributed by atoms with Crippen molar-refractivity contribution in [2.24, 2.45) is 5.92 Å². The van der Waals surface area contributed by atoms with Gasteiger partial charge < -0.3 is 49.3 Å². The molecule has 210 valence electrons. The molecule has 19 nitrogen and oxygen atoms in total. The summed E-state index contributed by atoms with van der Waals surface area (Å²) in [5.41, 5.74) is -1.78. The molecular formula is C16H22N2O17P2-2. The zero-order chi connectivity index (χ0) is 27.9. The molecule has 0 saturated carbocycles. The second-order valence-corrected chi connectivity index (χ2v) is 11.0. The fourth-order valence-electron chi connectivity index (χ4n) is 3.51. The van der Waals surface area contributed by atoms with E-state index in [2.05, 4.69) is 13.4 Å². The summed E-state index contributed by atoms with van der Waals surface area (Å²) < 4.78 is 47.5. The van der Waals surface area contributed by atoms with Gasteiger partial charge in [-0.15, -0.1) is 0 Å². The Morgan fingerprint density at radius 3 is 2.32 bits per heavy atom. The first-order valence-corrected chi connectivity index (χ1v) is 13.2. The third kappa shape index (κ3) is 6.79. The third-order valence-corrected chi connectivity index (χ3v) is 7.98. The van der Waals surface area contributed by atoms with E-state index in [0.29, 0.717) is 4.57 Å². The standard InChI is InChI=1S/C16H24N2O17P2/c1-5-8(20)10(22)12(14(24)25)33-15(5)34-37(29,30)35-36(27,28)31-4-6-9(21)11(23)13(32-6)18-3-2-7(19)17-16(18)26/h2-3,5-6,8-13,15,20-23H,4H2,1H3,(H,24,25)(H,27,28)(H,29,30)(H,17,19,26)/p-2/t5?,6-,8-,9+,10-,11?,12?,13-,15+/m1/s1. The number of aromatic nitrogens is 2. The first-order chi connectivity index (χ1) is 17.0. The molecule has 0 radical (unpaired) electrons. The molecule has 2 aliphatic heterocycles. The monoisotopic (exact) mass is 576 g/mol. The molecule has 37 heavy (non-hydrogen) atoms. The molecule has 5 unspecified atom stereocenters. The molecule has 2 aliphatic rings. The topological polar surface area (TPSA) is 299 Å². The van der Waals surface area contributed by atoms with Gasteiger partial charge in [0.2, 0.25) is 0 Å². The van der Waals surface area contributed by atoms with Crippen LogP contribution in [0.25, 0.3) is 0 Å². The van der Waals surface area contributed by atoms with Gasteiger partial charge in [0.15, 0.2) is 18.6 Å². The number of hydrogen-bond donors (Lipinski definition) is 6. The van der Waals surface area contributed by atoms with Gasteiger partial charge in [0.25, 0.3) is 21.2 Å². The Kier molecular flexibility index (Phi) is 8.93. The first-order valence-electron chi connectivity index (χ1n) is 10.3. The Bertz CT molecular complexity index is 1200. The average Bonchev–Trinajstić information content (AvgIpc) is 3.05. The Morgan fingerprint density at radius 1 is 1.08 bits per heavy atom. The summed E-state index contributed by atoms with van der Waals surface area (Å²) in [5.74, 6) is -3.13. The van der Waals surface area contributed by atoms with Gasteiger partial charge in [-0.3, -0.25) is 28.0 Å². The molecule has 3 rings (SSSR count). The summed E-state index contributed by atoms with van der Waals surface area (Å²) in [5, 5.41) is 48.9. The molecule has 11 atom stereocenters. The highest BCUT2D eigenvalue weighted by atomic mass is 31.3. The van der Waals surface area contributed by atoms with E-state index in [1.165, 1.54) is 0 Å². The van der Waals surface area contributed by atoms with E-state index in [0.717, 1.165) is 19.2 Å². The molecule has 2 saturated heterocycles. The number of carboxylic acids is 1. The predicted octanol–water partition coefficient (Wildman–Crippen LogP) is -4.69. The van der Waals surface area contributed by atoms with Crippen LogP contribution in [0.3, 0.4) is 0 Å². The summed E-state index contributed by atoms with van der Waals surface area (Å²) in [6, 6.07) is 0.911. The number of nitrogens with zero attached hydrogens (tertiary/aromatic N) is 1. The largest absolute Gasteiger partial charge is 0.756 e. The molecule has 6 N–H and O–H groups in total. The summed E-state index contributed by atoms with van der Waals surface area (Å²) >= 11 is 0. The minimum absolute atomic E-state index is 0.698. The number of aliphatic hydroxyl groups excluding tert-OH is 4. The molecule has 0 amide bonds. The van der Waals surface area contributed by atoms with E-state index in [1.807, 2.05) is 4.98 Å². The van der Waals surface area contributed by atoms with E-state index < -0.39 is 94.5 Å². The van der Waals surface area contributed by atoms with E-state index in [-0.39, 0.29) is 0 Å². The number of nitrogens with one attached hydrogen (secondary N) is 1. The van der Waals surface area contributed by atoms with Crippen LogP contribution in [0.2, 0.25) is 0 Å². The van der Waals surface area contributed by atoms with Gasteiger partial charge in [0.1, 0.15) is 24.4 Å². The molecule has 0 aromatic carbocycles. The fraction of sp³-hybridized carbons (Fsp3) is 0.688. The van der Waals surface area contributed by atoms with Crippen molar-refractivity contribution in [3.05, 3.63) is 33.1 Å². The van der Waals surface area contributed by atoms with Gasteiger partial charge >= 0.3 is 11.7 Å². The summed E-state index contributed by atoms with van der Waals surface area (Å²) in [6.07, 6.45) is -13.9. The lowest BCUT2D eigenvalue weighted by molar-refractivity contribution is -0.288. The van der Waals surface area contributed by atoms with Crippen LogP contribution in [0.4, 0.5) is 0 Å². The second-order valence-electron chi connectivity index (χ2n) is 8.04. The van der Waals surface area contributed by atoms with E-state index >= 15 is 0 Å². The highest BCUT2D eigenvalue weighted by molar-refractivity contribution is 7.59. The molecule has 1 aromatic heterocycles. The van der Waals surface area contributed by atoms with Crippen LogP contribution in [-0.4, -0.2) is 90.6 Å². The zero-order valence-electron chi connectivity index (χ0n) is 18.5. The van der Waals surface area contributed by atoms with Crippen LogP contribution in [0.1, 0.15) is 13.2 Å². The number of ether oxygens (including phenoxy) is 2. The van der Waals surface area contributed by atoms with Crippen molar-refractivity contribution < 1.29 is 72.1 Å². The van der Waals surface area contributed by atoms with Gasteiger partial charge in [-0.2, -0.15) is 0 Å². The normalized spacial score (nSPS) is 37.5. The Balaban J connectivity index is 1.63. The van der Waals surface area contributed by atoms with Crippen LogP contribution >= 0.6 is 15.6 Å². The molecular weight excluding hydrogens is 554 g/mol. The van der Waals surface area contributed by atoms with Crippen molar-refractivity contribution in [1.82, 2.24) is 9.55 Å². The minimum atomic E-state index is -5.88. The third-order valence-electron chi connectivity index (χ3n) is 5.44. The zero-order valence-corrected chi connectivity index (χ0v) is 20.3. The second kappa shape index (κ2) is 11.1. The van der Waals surface area contributed by atoms with Crippen molar-refractivity contribution in [3.8, 4) is 0 Å². The lowest BCUT2D eigenvalue weighted by atomic mass is 9.92. The van der Waals surface area contributed by atoms with E-state index in [9.17, 15) is 53.7 Å². The molecule has 3 heterocycles. The maximum Gasteiger partial charge on any atom is 0.335 e. The Labute approximate surface area is 205 Å². The Hall–Kier alpha value is -1.83. The van der Waals surface area contributed by atoms with Gasteiger partial charge in [-0.05, 0) is 0 Å². The summed E-state index contributed by atoms with van der Waals surface area (Å²) in [4.78, 5) is 60.2. The van der Waals surface area contributed by atoms with Crippen molar-refractivity contribution in [3.63, 3.8) is 0 Å². The first kappa shape index (κ1) is 29.7. The molecule has 0 spiro atoms. The molecule has 1 aromatic rings. The van der Waals surface area contributed by atoms with Crippen LogP contribution in [-0.2, 0) is 36.8 Å². The predicted molar refractivity (Wildman–Crippen MR) is 108 cm³/mol. The number of aliphatic hydroxyl groups is 4. The molecule has 21 heteroatoms. The SMILES string of the molecule is CC1[C@H](OP(=O)([O-])OP(=O)([O-])OC[C@H]2O[C@@H](n3ccc(=O)[nH]c3=O)C(O)[C@H]2O)OC(C(=O)O)[C@H](O)[C@@H]1O. The number of rotatable bonds is 9. The van der Waals surface area contributed by atoms with Gasteiger partial charge in [0, 0.05) is 18.2 Å². The number of carbonyl (C=O) groups is 1. The maximum atomic E-state index is 12.1. The summed E-state index contributed by atoms with van der Waals surface area (Å²) in [7, 11) is -11.7. The van der Waals surface area contributed by atoms with Crippen LogP contribution in [0, 0.1) is 5.92 Å². The quantitative estimate of drug-likeness (QED) is 0.150. The highest BCUT2D eigenvalue weighted by Gasteiger charge is 2.48. The van der Waals surface area contributed by atoms with Crippen LogP contribution in [0.15, 0.2) is 21.9 Å². The number of carboxylic acid groups (broad SMARTS) is 1. The molecule has 0 bridgehead atoms. The maximum absolute atomic E-state index is 12.1. The Morgan fingerprint density at radius 2 is 1.73 bits per heavy atom.